The molecule has 0 heterocycles. The Bertz CT molecular complexity index is 721. The van der Waals surface area contributed by atoms with Gasteiger partial charge in [-0.15, -0.1) is 0 Å². The molecule has 0 aliphatic heterocycles. The van der Waals surface area contributed by atoms with E-state index in [2.05, 4.69) is 10.6 Å². The van der Waals surface area contributed by atoms with Crippen LogP contribution in [0.1, 0.15) is 29.3 Å². The number of benzene rings is 2. The number of para-hydroxylation sites is 1. The zero-order valence-electron chi connectivity index (χ0n) is 13.3. The highest BCUT2D eigenvalue weighted by Crippen LogP contribution is 2.19. The Labute approximate surface area is 136 Å². The summed E-state index contributed by atoms with van der Waals surface area (Å²) >= 11 is 0. The van der Waals surface area contributed by atoms with Crippen LogP contribution >= 0.6 is 0 Å². The van der Waals surface area contributed by atoms with Gasteiger partial charge in [0.2, 0.25) is 5.91 Å². The predicted molar refractivity (Wildman–Crippen MR) is 93.2 cm³/mol. The van der Waals surface area contributed by atoms with Gasteiger partial charge in [-0.3, -0.25) is 9.59 Å². The fourth-order valence-electron chi connectivity index (χ4n) is 2.29. The van der Waals surface area contributed by atoms with E-state index in [1.807, 2.05) is 37.3 Å². The number of rotatable bonds is 5. The molecule has 0 radical (unpaired) electrons. The van der Waals surface area contributed by atoms with Crippen LogP contribution in [-0.4, -0.2) is 18.9 Å². The second-order valence-electron chi connectivity index (χ2n) is 5.00. The van der Waals surface area contributed by atoms with Crippen molar-refractivity contribution < 1.29 is 9.59 Å². The molecule has 0 saturated heterocycles. The highest BCUT2D eigenvalue weighted by Gasteiger charge is 2.11. The zero-order chi connectivity index (χ0) is 16.7. The third-order valence-corrected chi connectivity index (χ3v) is 3.49. The maximum atomic E-state index is 12.3. The van der Waals surface area contributed by atoms with Gasteiger partial charge in [0.1, 0.15) is 0 Å². The van der Waals surface area contributed by atoms with E-state index in [9.17, 15) is 9.59 Å². The highest BCUT2D eigenvalue weighted by molar-refractivity contribution is 6.08. The fourth-order valence-corrected chi connectivity index (χ4v) is 2.29. The number of carbonyl (C=O) groups excluding carboxylic acids is 2. The number of nitrogens with one attached hydrogen (secondary N) is 2. The number of anilines is 1. The van der Waals surface area contributed by atoms with Crippen LogP contribution in [0.2, 0.25) is 0 Å². The summed E-state index contributed by atoms with van der Waals surface area (Å²) in [6.07, 6.45) is 2.32. The topological polar surface area (TPSA) is 58.2 Å². The van der Waals surface area contributed by atoms with Crippen molar-refractivity contribution in [1.82, 2.24) is 5.32 Å². The average molecular weight is 308 g/mol. The van der Waals surface area contributed by atoms with E-state index in [0.29, 0.717) is 11.3 Å². The molecular formula is C19H20N2O2. The van der Waals surface area contributed by atoms with E-state index in [4.69, 9.17) is 0 Å². The van der Waals surface area contributed by atoms with Gasteiger partial charge in [-0.05, 0) is 29.7 Å². The summed E-state index contributed by atoms with van der Waals surface area (Å²) in [4.78, 5) is 24.1. The summed E-state index contributed by atoms with van der Waals surface area (Å²) in [5, 5.41) is 5.35. The van der Waals surface area contributed by atoms with Crippen LogP contribution < -0.4 is 10.6 Å². The van der Waals surface area contributed by atoms with Gasteiger partial charge >= 0.3 is 0 Å². The van der Waals surface area contributed by atoms with Gasteiger partial charge < -0.3 is 10.6 Å². The molecule has 0 bridgehead atoms. The van der Waals surface area contributed by atoms with Crippen LogP contribution in [0.4, 0.5) is 5.69 Å². The molecule has 4 nitrogen and oxygen atoms in total. The Hall–Kier alpha value is -2.88. The zero-order valence-corrected chi connectivity index (χ0v) is 13.3. The molecule has 0 aliphatic carbocycles. The van der Waals surface area contributed by atoms with Gasteiger partial charge in [-0.2, -0.15) is 0 Å². The van der Waals surface area contributed by atoms with Gasteiger partial charge in [0.25, 0.3) is 5.91 Å². The molecule has 118 valence electrons. The Morgan fingerprint density at radius 2 is 1.65 bits per heavy atom. The monoisotopic (exact) mass is 308 g/mol. The van der Waals surface area contributed by atoms with E-state index in [-0.39, 0.29) is 11.8 Å². The molecule has 23 heavy (non-hydrogen) atoms. The molecule has 0 aromatic heterocycles. The van der Waals surface area contributed by atoms with Crippen molar-refractivity contribution in [2.45, 2.75) is 13.3 Å². The number of amides is 2. The van der Waals surface area contributed by atoms with Crippen molar-refractivity contribution in [3.05, 3.63) is 71.8 Å². The molecule has 2 aromatic rings. The lowest BCUT2D eigenvalue weighted by Gasteiger charge is -2.10. The smallest absolute Gasteiger partial charge is 0.253 e. The lowest BCUT2D eigenvalue weighted by Crippen LogP contribution is -2.20. The molecule has 2 amide bonds. The van der Waals surface area contributed by atoms with E-state index in [0.717, 1.165) is 17.6 Å². The summed E-state index contributed by atoms with van der Waals surface area (Å²) in [6, 6.07) is 16.7. The molecule has 0 saturated carbocycles. The van der Waals surface area contributed by atoms with Gasteiger partial charge in [0, 0.05) is 13.1 Å². The van der Waals surface area contributed by atoms with Gasteiger partial charge in [0.05, 0.1) is 11.3 Å². The predicted octanol–water partition coefficient (Wildman–Crippen LogP) is 3.48. The van der Waals surface area contributed by atoms with Gasteiger partial charge in [-0.25, -0.2) is 0 Å². The van der Waals surface area contributed by atoms with Crippen LogP contribution in [0, 0.1) is 0 Å². The van der Waals surface area contributed by atoms with Crippen molar-refractivity contribution >= 4 is 23.1 Å². The van der Waals surface area contributed by atoms with Crippen molar-refractivity contribution in [2.24, 2.45) is 0 Å². The number of allylic oxidation sites excluding steroid dienone is 1. The molecular weight excluding hydrogens is 288 g/mol. The molecule has 2 aromatic carbocycles. The molecule has 4 heteroatoms. The van der Waals surface area contributed by atoms with Crippen LogP contribution in [-0.2, 0) is 4.79 Å². The minimum absolute atomic E-state index is 0.233. The first-order valence-corrected chi connectivity index (χ1v) is 7.53. The Kier molecular flexibility index (Phi) is 5.69. The lowest BCUT2D eigenvalue weighted by molar-refractivity contribution is -0.111. The molecule has 0 fully saturated rings. The molecule has 2 rings (SSSR count). The minimum atomic E-state index is -0.248. The minimum Gasteiger partial charge on any atom is -0.355 e. The Morgan fingerprint density at radius 3 is 2.30 bits per heavy atom. The Morgan fingerprint density at radius 1 is 1.00 bits per heavy atom. The average Bonchev–Trinajstić information content (AvgIpc) is 2.60. The molecule has 0 unspecified atom stereocenters. The van der Waals surface area contributed by atoms with Crippen molar-refractivity contribution in [2.75, 3.05) is 12.4 Å². The second kappa shape index (κ2) is 7.94. The highest BCUT2D eigenvalue weighted by atomic mass is 16.2. The first kappa shape index (κ1) is 16.5. The van der Waals surface area contributed by atoms with E-state index >= 15 is 0 Å². The van der Waals surface area contributed by atoms with Crippen LogP contribution in [0.5, 0.6) is 0 Å². The second-order valence-corrected chi connectivity index (χ2v) is 5.00. The fraction of sp³-hybridized carbons (Fsp3) is 0.158. The number of hydrogen-bond donors (Lipinski definition) is 2. The third-order valence-electron chi connectivity index (χ3n) is 3.49. The van der Waals surface area contributed by atoms with E-state index in [1.165, 1.54) is 0 Å². The van der Waals surface area contributed by atoms with Crippen LogP contribution in [0.25, 0.3) is 5.57 Å². The number of carbonyl (C=O) groups is 2. The van der Waals surface area contributed by atoms with E-state index < -0.39 is 0 Å². The summed E-state index contributed by atoms with van der Waals surface area (Å²) in [5.74, 6) is -0.481. The largest absolute Gasteiger partial charge is 0.355 e. The van der Waals surface area contributed by atoms with Gasteiger partial charge in [0.15, 0.2) is 0 Å². The summed E-state index contributed by atoms with van der Waals surface area (Å²) in [5.41, 5.74) is 2.90. The standard InChI is InChI=1S/C19H20N2O2/c1-3-14(15-9-5-4-6-10-15)13-18(22)21-17-12-8-7-11-16(17)19(23)20-2/h4-13H,3H2,1-2H3,(H,20,23)(H,21,22)/b14-13+. The summed E-state index contributed by atoms with van der Waals surface area (Å²) < 4.78 is 0. The van der Waals surface area contributed by atoms with E-state index in [1.54, 1.807) is 37.4 Å². The van der Waals surface area contributed by atoms with Crippen LogP contribution in [0.3, 0.4) is 0 Å². The number of hydrogen-bond acceptors (Lipinski definition) is 2. The van der Waals surface area contributed by atoms with Crippen molar-refractivity contribution in [3.63, 3.8) is 0 Å². The first-order valence-electron chi connectivity index (χ1n) is 7.53. The Balaban J connectivity index is 2.22. The lowest BCUT2D eigenvalue weighted by atomic mass is 10.0. The van der Waals surface area contributed by atoms with Crippen molar-refractivity contribution in [3.8, 4) is 0 Å². The first-order chi connectivity index (χ1) is 11.2. The summed E-state index contributed by atoms with van der Waals surface area (Å²) in [7, 11) is 1.56. The molecule has 0 spiro atoms. The quantitative estimate of drug-likeness (QED) is 0.831. The molecule has 0 atom stereocenters. The van der Waals surface area contributed by atoms with Gasteiger partial charge in [-0.1, -0.05) is 49.4 Å². The molecule has 0 aliphatic rings. The van der Waals surface area contributed by atoms with Crippen LogP contribution in [0.15, 0.2) is 60.7 Å². The third kappa shape index (κ3) is 4.30. The SMILES string of the molecule is CC/C(=C\C(=O)Nc1ccccc1C(=O)NC)c1ccccc1. The maximum Gasteiger partial charge on any atom is 0.253 e. The summed E-state index contributed by atoms with van der Waals surface area (Å²) in [6.45, 7) is 2.00. The molecule has 2 N–H and O–H groups in total. The van der Waals surface area contributed by atoms with Crippen molar-refractivity contribution in [1.29, 1.82) is 0 Å². The normalized spacial score (nSPS) is 11.0. The maximum absolute atomic E-state index is 12.3.